The van der Waals surface area contributed by atoms with E-state index in [-0.39, 0.29) is 16.2 Å². The maximum Gasteiger partial charge on any atom is 0.198 e. The van der Waals surface area contributed by atoms with E-state index in [1.54, 1.807) is 0 Å². The maximum atomic E-state index is 14.2. The molecule has 9 heteroatoms. The third-order valence-electron chi connectivity index (χ3n) is 3.22. The number of nitrogens with two attached hydrogens (primary N) is 1. The van der Waals surface area contributed by atoms with Crippen molar-refractivity contribution in [1.29, 1.82) is 0 Å². The molecule has 0 saturated carbocycles. The molecule has 2 heterocycles. The Kier molecular flexibility index (Phi) is 3.48. The first-order valence-corrected chi connectivity index (χ1v) is 6.50. The molecule has 0 spiro atoms. The molecule has 2 aromatic heterocycles. The fraction of sp³-hybridized carbons (Fsp3) is 0. The molecule has 0 aliphatic carbocycles. The normalized spacial score (nSPS) is 11.2. The molecule has 0 atom stereocenters. The van der Waals surface area contributed by atoms with Crippen LogP contribution in [0.5, 0.6) is 0 Å². The van der Waals surface area contributed by atoms with Crippen LogP contribution in [0.4, 0.5) is 23.2 Å². The van der Waals surface area contributed by atoms with Gasteiger partial charge in [-0.2, -0.15) is 0 Å². The van der Waals surface area contributed by atoms with Crippen LogP contribution in [0.15, 0.2) is 29.2 Å². The lowest BCUT2D eigenvalue weighted by molar-refractivity contribution is 0.435. The number of benzene rings is 1. The molecule has 118 valence electrons. The molecule has 23 heavy (non-hydrogen) atoms. The number of anilines is 1. The van der Waals surface area contributed by atoms with Crippen molar-refractivity contribution in [1.82, 2.24) is 9.55 Å². The Labute approximate surface area is 130 Å². The second-order valence-corrected chi connectivity index (χ2v) is 4.96. The van der Waals surface area contributed by atoms with E-state index in [4.69, 9.17) is 17.3 Å². The lowest BCUT2D eigenvalue weighted by Crippen LogP contribution is -2.14. The van der Waals surface area contributed by atoms with E-state index in [9.17, 15) is 22.4 Å². The first-order chi connectivity index (χ1) is 10.8. The van der Waals surface area contributed by atoms with Gasteiger partial charge in [-0.3, -0.25) is 9.36 Å². The van der Waals surface area contributed by atoms with Gasteiger partial charge in [0.15, 0.2) is 28.7 Å². The van der Waals surface area contributed by atoms with Gasteiger partial charge >= 0.3 is 0 Å². The van der Waals surface area contributed by atoms with Crippen LogP contribution in [-0.2, 0) is 0 Å². The summed E-state index contributed by atoms with van der Waals surface area (Å²) >= 11 is 5.73. The summed E-state index contributed by atoms with van der Waals surface area (Å²) in [5.74, 6) is -7.10. The lowest BCUT2D eigenvalue weighted by Gasteiger charge is -2.14. The van der Waals surface area contributed by atoms with E-state index in [2.05, 4.69) is 4.98 Å². The van der Waals surface area contributed by atoms with Crippen LogP contribution in [0, 0.1) is 23.3 Å². The van der Waals surface area contributed by atoms with Crippen LogP contribution in [0.2, 0.25) is 5.15 Å². The number of rotatable bonds is 1. The third kappa shape index (κ3) is 2.22. The molecular formula is C14H6ClF4N3O. The van der Waals surface area contributed by atoms with Crippen LogP contribution < -0.4 is 11.2 Å². The van der Waals surface area contributed by atoms with E-state index < -0.39 is 40.1 Å². The van der Waals surface area contributed by atoms with Crippen molar-refractivity contribution in [2.45, 2.75) is 0 Å². The van der Waals surface area contributed by atoms with Gasteiger partial charge in [0.05, 0.1) is 5.39 Å². The van der Waals surface area contributed by atoms with Crippen LogP contribution in [0.25, 0.3) is 16.7 Å². The van der Waals surface area contributed by atoms with Gasteiger partial charge in [-0.15, -0.1) is 0 Å². The highest BCUT2D eigenvalue weighted by Gasteiger charge is 2.26. The fourth-order valence-electron chi connectivity index (χ4n) is 2.13. The molecule has 1 aromatic carbocycles. The zero-order valence-electron chi connectivity index (χ0n) is 11.1. The molecular weight excluding hydrogens is 338 g/mol. The molecule has 0 aliphatic rings. The third-order valence-corrected chi connectivity index (χ3v) is 3.44. The smallest absolute Gasteiger partial charge is 0.198 e. The van der Waals surface area contributed by atoms with Gasteiger partial charge in [0, 0.05) is 12.3 Å². The zero-order valence-corrected chi connectivity index (χ0v) is 11.8. The first-order valence-electron chi connectivity index (χ1n) is 6.12. The van der Waals surface area contributed by atoms with Crippen molar-refractivity contribution in [3.8, 4) is 5.69 Å². The summed E-state index contributed by atoms with van der Waals surface area (Å²) in [6.45, 7) is 0. The molecule has 4 nitrogen and oxygen atoms in total. The molecule has 0 unspecified atom stereocenters. The van der Waals surface area contributed by atoms with E-state index >= 15 is 0 Å². The molecule has 0 radical (unpaired) electrons. The van der Waals surface area contributed by atoms with Crippen LogP contribution in [0.1, 0.15) is 0 Å². The Bertz CT molecular complexity index is 990. The predicted octanol–water partition coefficient (Wildman–Crippen LogP) is 3.18. The van der Waals surface area contributed by atoms with Crippen LogP contribution in [-0.4, -0.2) is 9.55 Å². The molecule has 0 amide bonds. The molecule has 3 rings (SSSR count). The van der Waals surface area contributed by atoms with Gasteiger partial charge in [0.2, 0.25) is 0 Å². The second kappa shape index (κ2) is 5.24. The summed E-state index contributed by atoms with van der Waals surface area (Å²) in [7, 11) is 0. The largest absolute Gasteiger partial charge is 0.394 e. The highest BCUT2D eigenvalue weighted by Crippen LogP contribution is 2.30. The summed E-state index contributed by atoms with van der Waals surface area (Å²) in [4.78, 5) is 15.6. The number of pyridine rings is 2. The monoisotopic (exact) mass is 343 g/mol. The van der Waals surface area contributed by atoms with E-state index in [1.807, 2.05) is 0 Å². The van der Waals surface area contributed by atoms with Crippen molar-refractivity contribution in [3.63, 3.8) is 0 Å². The summed E-state index contributed by atoms with van der Waals surface area (Å²) < 4.78 is 55.8. The van der Waals surface area contributed by atoms with Crippen LogP contribution >= 0.6 is 11.6 Å². The summed E-state index contributed by atoms with van der Waals surface area (Å²) in [6.07, 6.45) is 0.965. The zero-order chi connectivity index (χ0) is 16.9. The van der Waals surface area contributed by atoms with Gasteiger partial charge in [0.1, 0.15) is 22.2 Å². The van der Waals surface area contributed by atoms with Crippen molar-refractivity contribution in [2.24, 2.45) is 0 Å². The highest BCUT2D eigenvalue weighted by atomic mass is 35.5. The minimum atomic E-state index is -1.94. The number of nitrogens with zero attached hydrogens (tertiary/aromatic N) is 2. The number of hydrogen-bond acceptors (Lipinski definition) is 3. The lowest BCUT2D eigenvalue weighted by atomic mass is 10.2. The topological polar surface area (TPSA) is 60.9 Å². The molecule has 0 fully saturated rings. The highest BCUT2D eigenvalue weighted by molar-refractivity contribution is 6.29. The SMILES string of the molecule is Nc1c(F)c(F)c(F)c(-n2ccc(=O)c3ccc(Cl)nc32)c1F. The second-order valence-electron chi connectivity index (χ2n) is 4.57. The Morgan fingerprint density at radius 2 is 1.70 bits per heavy atom. The average molecular weight is 344 g/mol. The van der Waals surface area contributed by atoms with Crippen molar-refractivity contribution < 1.29 is 17.6 Å². The summed E-state index contributed by atoms with van der Waals surface area (Å²) in [6, 6.07) is 3.60. The summed E-state index contributed by atoms with van der Waals surface area (Å²) in [5, 5.41) is -0.0766. The molecule has 0 bridgehead atoms. The molecule has 0 aliphatic heterocycles. The number of nitrogen functional groups attached to an aromatic ring is 1. The quantitative estimate of drug-likeness (QED) is 0.243. The number of fused-ring (bicyclic) bond motifs is 1. The van der Waals surface area contributed by atoms with Gasteiger partial charge in [0.25, 0.3) is 0 Å². The Morgan fingerprint density at radius 1 is 1.00 bits per heavy atom. The van der Waals surface area contributed by atoms with Crippen molar-refractivity contribution >= 4 is 28.3 Å². The molecule has 3 aromatic rings. The first kappa shape index (κ1) is 15.3. The molecule has 0 saturated heterocycles. The van der Waals surface area contributed by atoms with E-state index in [0.717, 1.165) is 16.8 Å². The standard InChI is InChI=1S/C14H6ClF4N3O/c15-7-2-1-5-6(23)3-4-22(14(5)21-7)13-10(18)8(16)9(17)12(20)11(13)19/h1-4H,20H2. The Balaban J connectivity index is 2.50. The number of halogens is 5. The maximum absolute atomic E-state index is 14.2. The van der Waals surface area contributed by atoms with Crippen molar-refractivity contribution in [3.05, 3.63) is 63.0 Å². The Hall–Kier alpha value is -2.61. The van der Waals surface area contributed by atoms with E-state index in [1.165, 1.54) is 12.1 Å². The summed E-state index contributed by atoms with van der Waals surface area (Å²) in [5.41, 5.74) is 2.21. The van der Waals surface area contributed by atoms with Gasteiger partial charge in [-0.1, -0.05) is 11.6 Å². The molecule has 2 N–H and O–H groups in total. The minimum absolute atomic E-state index is 0.0148. The van der Waals surface area contributed by atoms with Gasteiger partial charge in [-0.05, 0) is 12.1 Å². The Morgan fingerprint density at radius 3 is 2.39 bits per heavy atom. The predicted molar refractivity (Wildman–Crippen MR) is 76.6 cm³/mol. The number of aromatic nitrogens is 2. The number of hydrogen-bond donors (Lipinski definition) is 1. The minimum Gasteiger partial charge on any atom is -0.394 e. The van der Waals surface area contributed by atoms with Gasteiger partial charge < -0.3 is 5.73 Å². The van der Waals surface area contributed by atoms with Gasteiger partial charge in [-0.25, -0.2) is 22.5 Å². The van der Waals surface area contributed by atoms with Crippen LogP contribution in [0.3, 0.4) is 0 Å². The van der Waals surface area contributed by atoms with E-state index in [0.29, 0.717) is 0 Å². The fourth-order valence-corrected chi connectivity index (χ4v) is 2.28. The van der Waals surface area contributed by atoms with Crippen molar-refractivity contribution in [2.75, 3.05) is 5.73 Å². The average Bonchev–Trinajstić information content (AvgIpc) is 2.53.